The molecule has 0 saturated heterocycles. The number of amides is 1. The molecule has 0 fully saturated rings. The van der Waals surface area contributed by atoms with Crippen molar-refractivity contribution in [1.29, 1.82) is 0 Å². The fourth-order valence-electron chi connectivity index (χ4n) is 2.15. The zero-order valence-electron chi connectivity index (χ0n) is 14.7. The van der Waals surface area contributed by atoms with Crippen LogP contribution in [-0.2, 0) is 14.3 Å². The van der Waals surface area contributed by atoms with Gasteiger partial charge in [-0.25, -0.2) is 4.79 Å². The first-order valence-electron chi connectivity index (χ1n) is 8.29. The van der Waals surface area contributed by atoms with Crippen LogP contribution in [0.15, 0.2) is 54.6 Å². The van der Waals surface area contributed by atoms with Gasteiger partial charge >= 0.3 is 5.97 Å². The lowest BCUT2D eigenvalue weighted by atomic mass is 10.2. The number of nitrogens with one attached hydrogen (secondary N) is 1. The van der Waals surface area contributed by atoms with E-state index >= 15 is 0 Å². The Morgan fingerprint density at radius 1 is 1.04 bits per heavy atom. The van der Waals surface area contributed by atoms with E-state index in [4.69, 9.17) is 9.47 Å². The number of anilines is 1. The van der Waals surface area contributed by atoms with Gasteiger partial charge in [0.1, 0.15) is 5.75 Å². The topological polar surface area (TPSA) is 64.6 Å². The Morgan fingerprint density at radius 3 is 2.28 bits per heavy atom. The Kier molecular flexibility index (Phi) is 6.57. The van der Waals surface area contributed by atoms with Crippen LogP contribution < -0.4 is 10.1 Å². The molecule has 5 heteroatoms. The summed E-state index contributed by atoms with van der Waals surface area (Å²) in [5.41, 5.74) is 1.76. The predicted molar refractivity (Wildman–Crippen MR) is 96.5 cm³/mol. The second kappa shape index (κ2) is 8.87. The average Bonchev–Trinajstić information content (AvgIpc) is 2.62. The van der Waals surface area contributed by atoms with E-state index in [1.165, 1.54) is 6.92 Å². The molecule has 25 heavy (non-hydrogen) atoms. The molecular formula is C20H23NO4. The molecule has 0 unspecified atom stereocenters. The molecular weight excluding hydrogens is 318 g/mol. The summed E-state index contributed by atoms with van der Waals surface area (Å²) >= 11 is 0. The largest absolute Gasteiger partial charge is 0.479 e. The molecule has 1 N–H and O–H groups in total. The second-order valence-electron chi connectivity index (χ2n) is 5.76. The normalized spacial score (nSPS) is 12.8. The van der Waals surface area contributed by atoms with Crippen molar-refractivity contribution in [1.82, 2.24) is 0 Å². The summed E-state index contributed by atoms with van der Waals surface area (Å²) in [4.78, 5) is 24.4. The smallest absolute Gasteiger partial charge is 0.348 e. The summed E-state index contributed by atoms with van der Waals surface area (Å²) in [6.07, 6.45) is -1.22. The van der Waals surface area contributed by atoms with Crippen molar-refractivity contribution >= 4 is 17.6 Å². The molecule has 0 aliphatic carbocycles. The predicted octanol–water partition coefficient (Wildman–Crippen LogP) is 3.72. The Bertz CT molecular complexity index is 697. The summed E-state index contributed by atoms with van der Waals surface area (Å²) in [6.45, 7) is 5.33. The van der Waals surface area contributed by atoms with E-state index in [0.29, 0.717) is 17.9 Å². The highest BCUT2D eigenvalue weighted by Gasteiger charge is 2.25. The van der Waals surface area contributed by atoms with Crippen molar-refractivity contribution in [3.05, 3.63) is 60.2 Å². The molecule has 2 atom stereocenters. The van der Waals surface area contributed by atoms with Crippen LogP contribution in [0.4, 0.5) is 5.69 Å². The van der Waals surface area contributed by atoms with Gasteiger partial charge in [-0.05, 0) is 44.5 Å². The number of carbonyl (C=O) groups is 2. The number of rotatable bonds is 7. The Balaban J connectivity index is 1.90. The van der Waals surface area contributed by atoms with Gasteiger partial charge in [-0.3, -0.25) is 4.79 Å². The van der Waals surface area contributed by atoms with E-state index in [9.17, 15) is 9.59 Å². The summed E-state index contributed by atoms with van der Waals surface area (Å²) in [5, 5.41) is 2.72. The van der Waals surface area contributed by atoms with E-state index < -0.39 is 18.2 Å². The molecule has 0 aliphatic rings. The van der Waals surface area contributed by atoms with Crippen molar-refractivity contribution in [3.63, 3.8) is 0 Å². The molecule has 1 amide bonds. The van der Waals surface area contributed by atoms with Gasteiger partial charge in [-0.1, -0.05) is 42.8 Å². The SMILES string of the molecule is CC[C@H](Oc1ccccc1)C(=O)O[C@H](C)C(=O)Nc1ccc(C)cc1. The molecule has 0 heterocycles. The number of hydrogen-bond acceptors (Lipinski definition) is 4. The van der Waals surface area contributed by atoms with Crippen LogP contribution in [0.5, 0.6) is 5.75 Å². The first-order valence-corrected chi connectivity index (χ1v) is 8.29. The van der Waals surface area contributed by atoms with Gasteiger partial charge in [0.05, 0.1) is 0 Å². The minimum atomic E-state index is -0.915. The van der Waals surface area contributed by atoms with Gasteiger partial charge in [-0.15, -0.1) is 0 Å². The summed E-state index contributed by atoms with van der Waals surface area (Å²) in [7, 11) is 0. The molecule has 0 radical (unpaired) electrons. The van der Waals surface area contributed by atoms with E-state index in [1.807, 2.05) is 44.2 Å². The highest BCUT2D eigenvalue weighted by atomic mass is 16.6. The van der Waals surface area contributed by atoms with Crippen LogP contribution >= 0.6 is 0 Å². The molecule has 0 saturated carbocycles. The fraction of sp³-hybridized carbons (Fsp3) is 0.300. The summed E-state index contributed by atoms with van der Waals surface area (Å²) < 4.78 is 10.9. The van der Waals surface area contributed by atoms with Crippen LogP contribution in [0.1, 0.15) is 25.8 Å². The number of hydrogen-bond donors (Lipinski definition) is 1. The quantitative estimate of drug-likeness (QED) is 0.780. The second-order valence-corrected chi connectivity index (χ2v) is 5.76. The van der Waals surface area contributed by atoms with E-state index in [1.54, 1.807) is 24.3 Å². The third kappa shape index (κ3) is 5.64. The van der Waals surface area contributed by atoms with Gasteiger partial charge in [0.25, 0.3) is 5.91 Å². The maximum Gasteiger partial charge on any atom is 0.348 e. The van der Waals surface area contributed by atoms with Crippen LogP contribution in [-0.4, -0.2) is 24.1 Å². The molecule has 2 aromatic rings. The molecule has 0 aliphatic heterocycles. The van der Waals surface area contributed by atoms with Crippen LogP contribution in [0.2, 0.25) is 0 Å². The van der Waals surface area contributed by atoms with Gasteiger partial charge in [0.15, 0.2) is 12.2 Å². The number of esters is 1. The van der Waals surface area contributed by atoms with E-state index in [0.717, 1.165) is 5.56 Å². The Labute approximate surface area is 148 Å². The van der Waals surface area contributed by atoms with Gasteiger partial charge in [-0.2, -0.15) is 0 Å². The standard InChI is InChI=1S/C20H23NO4/c1-4-18(25-17-8-6-5-7-9-17)20(23)24-15(3)19(22)21-16-12-10-14(2)11-13-16/h5-13,15,18H,4H2,1-3H3,(H,21,22)/t15-,18+/m1/s1. The third-order valence-electron chi connectivity index (χ3n) is 3.64. The molecule has 5 nitrogen and oxygen atoms in total. The minimum absolute atomic E-state index is 0.383. The lowest BCUT2D eigenvalue weighted by Crippen LogP contribution is -2.36. The Hall–Kier alpha value is -2.82. The molecule has 2 rings (SSSR count). The first kappa shape index (κ1) is 18.5. The van der Waals surface area contributed by atoms with Gasteiger partial charge in [0.2, 0.25) is 0 Å². The molecule has 0 bridgehead atoms. The highest BCUT2D eigenvalue weighted by Crippen LogP contribution is 2.14. The van der Waals surface area contributed by atoms with Gasteiger partial charge in [0, 0.05) is 5.69 Å². The van der Waals surface area contributed by atoms with Crippen molar-refractivity contribution in [3.8, 4) is 5.75 Å². The fourth-order valence-corrected chi connectivity index (χ4v) is 2.15. The molecule has 2 aromatic carbocycles. The average molecular weight is 341 g/mol. The summed E-state index contributed by atoms with van der Waals surface area (Å²) in [6, 6.07) is 16.4. The maximum absolute atomic E-state index is 12.3. The monoisotopic (exact) mass is 341 g/mol. The molecule has 0 spiro atoms. The van der Waals surface area contributed by atoms with Gasteiger partial charge < -0.3 is 14.8 Å². The molecule has 0 aromatic heterocycles. The lowest BCUT2D eigenvalue weighted by Gasteiger charge is -2.19. The van der Waals surface area contributed by atoms with Crippen LogP contribution in [0, 0.1) is 6.92 Å². The highest BCUT2D eigenvalue weighted by molar-refractivity contribution is 5.95. The van der Waals surface area contributed by atoms with Crippen molar-refractivity contribution in [2.75, 3.05) is 5.32 Å². The maximum atomic E-state index is 12.3. The van der Waals surface area contributed by atoms with E-state index in [2.05, 4.69) is 5.32 Å². The number of para-hydroxylation sites is 1. The number of ether oxygens (including phenoxy) is 2. The van der Waals surface area contributed by atoms with Crippen LogP contribution in [0.25, 0.3) is 0 Å². The molecule has 132 valence electrons. The number of benzene rings is 2. The van der Waals surface area contributed by atoms with E-state index in [-0.39, 0.29) is 5.91 Å². The summed E-state index contributed by atoms with van der Waals surface area (Å²) in [5.74, 6) is -0.354. The number of carbonyl (C=O) groups excluding carboxylic acids is 2. The first-order chi connectivity index (χ1) is 12.0. The zero-order valence-corrected chi connectivity index (χ0v) is 14.7. The Morgan fingerprint density at radius 2 is 1.68 bits per heavy atom. The minimum Gasteiger partial charge on any atom is -0.479 e. The third-order valence-corrected chi connectivity index (χ3v) is 3.64. The van der Waals surface area contributed by atoms with Crippen molar-refractivity contribution < 1.29 is 19.1 Å². The van der Waals surface area contributed by atoms with Crippen LogP contribution in [0.3, 0.4) is 0 Å². The lowest BCUT2D eigenvalue weighted by molar-refractivity contribution is -0.160. The van der Waals surface area contributed by atoms with Crippen molar-refractivity contribution in [2.24, 2.45) is 0 Å². The number of aryl methyl sites for hydroxylation is 1. The zero-order chi connectivity index (χ0) is 18.2. The van der Waals surface area contributed by atoms with Crippen molar-refractivity contribution in [2.45, 2.75) is 39.4 Å².